The van der Waals surface area contributed by atoms with Crippen LogP contribution < -0.4 is 0 Å². The van der Waals surface area contributed by atoms with Crippen LogP contribution in [0.25, 0.3) is 0 Å². The predicted molar refractivity (Wildman–Crippen MR) is 70.1 cm³/mol. The van der Waals surface area contributed by atoms with Crippen LogP contribution in [0.4, 0.5) is 4.39 Å². The van der Waals surface area contributed by atoms with Crippen LogP contribution in [0.5, 0.6) is 0 Å². The lowest BCUT2D eigenvalue weighted by Gasteiger charge is -2.12. The largest absolute Gasteiger partial charge is 0.207 e. The van der Waals surface area contributed by atoms with Gasteiger partial charge < -0.3 is 0 Å². The fourth-order valence-electron chi connectivity index (χ4n) is 2.08. The molecule has 1 aliphatic heterocycles. The van der Waals surface area contributed by atoms with Gasteiger partial charge in [-0.3, -0.25) is 0 Å². The molecule has 0 aromatic heterocycles. The summed E-state index contributed by atoms with van der Waals surface area (Å²) in [5, 5.41) is -0.258. The third kappa shape index (κ3) is 1.96. The van der Waals surface area contributed by atoms with E-state index in [4.69, 9.17) is 11.6 Å². The molecule has 2 aromatic rings. The number of hydrogen-bond donors (Lipinski definition) is 0. The van der Waals surface area contributed by atoms with Crippen molar-refractivity contribution >= 4 is 23.4 Å². The Morgan fingerprint density at radius 3 is 2.82 bits per heavy atom. The Morgan fingerprint density at radius 2 is 1.94 bits per heavy atom. The molecule has 1 heterocycles. The van der Waals surface area contributed by atoms with Gasteiger partial charge in [0.15, 0.2) is 0 Å². The van der Waals surface area contributed by atoms with Crippen LogP contribution in [0.15, 0.2) is 47.4 Å². The van der Waals surface area contributed by atoms with E-state index in [1.165, 1.54) is 11.6 Å². The van der Waals surface area contributed by atoms with E-state index in [9.17, 15) is 4.39 Å². The Bertz CT molecular complexity index is 568. The molecule has 3 heteroatoms. The number of rotatable bonds is 0. The molecule has 1 unspecified atom stereocenters. The van der Waals surface area contributed by atoms with Gasteiger partial charge in [0, 0.05) is 10.6 Å². The van der Waals surface area contributed by atoms with Crippen molar-refractivity contribution in [3.8, 4) is 0 Å². The molecule has 0 radical (unpaired) electrons. The molecule has 1 atom stereocenters. The van der Waals surface area contributed by atoms with E-state index in [2.05, 4.69) is 6.07 Å². The van der Waals surface area contributed by atoms with E-state index in [1.807, 2.05) is 24.3 Å². The Kier molecular flexibility index (Phi) is 2.85. The van der Waals surface area contributed by atoms with Crippen molar-refractivity contribution in [3.05, 3.63) is 65.0 Å². The Balaban J connectivity index is 2.18. The summed E-state index contributed by atoms with van der Waals surface area (Å²) < 4.78 is 13.3. The zero-order valence-electron chi connectivity index (χ0n) is 8.99. The van der Waals surface area contributed by atoms with E-state index in [0.717, 1.165) is 21.8 Å². The minimum atomic E-state index is -0.258. The van der Waals surface area contributed by atoms with E-state index in [-0.39, 0.29) is 11.2 Å². The molecule has 17 heavy (non-hydrogen) atoms. The summed E-state index contributed by atoms with van der Waals surface area (Å²) in [5.74, 6) is 0.660. The molecule has 0 fully saturated rings. The molecule has 1 aliphatic rings. The SMILES string of the molecule is Fc1ccc2c(c1)C(Cl)c1ccccc1CS2. The summed E-state index contributed by atoms with van der Waals surface area (Å²) in [7, 11) is 0. The van der Waals surface area contributed by atoms with E-state index in [0.29, 0.717) is 0 Å². The van der Waals surface area contributed by atoms with Gasteiger partial charge in [-0.15, -0.1) is 23.4 Å². The van der Waals surface area contributed by atoms with Crippen molar-refractivity contribution in [3.63, 3.8) is 0 Å². The van der Waals surface area contributed by atoms with Gasteiger partial charge in [0.25, 0.3) is 0 Å². The first-order valence-electron chi connectivity index (χ1n) is 5.40. The summed E-state index contributed by atoms with van der Waals surface area (Å²) in [6.45, 7) is 0. The van der Waals surface area contributed by atoms with Crippen LogP contribution in [0.2, 0.25) is 0 Å². The van der Waals surface area contributed by atoms with Crippen molar-refractivity contribution in [2.24, 2.45) is 0 Å². The van der Waals surface area contributed by atoms with Gasteiger partial charge in [0.05, 0.1) is 5.38 Å². The minimum absolute atomic E-state index is 0.227. The maximum atomic E-state index is 13.3. The Labute approximate surface area is 109 Å². The van der Waals surface area contributed by atoms with Crippen LogP contribution in [0.1, 0.15) is 22.1 Å². The standard InChI is InChI=1S/C14H10ClFS/c15-14-11-4-2-1-3-9(11)8-17-13-6-5-10(16)7-12(13)14/h1-7,14H,8H2. The van der Waals surface area contributed by atoms with Crippen LogP contribution in [0.3, 0.4) is 0 Å². The topological polar surface area (TPSA) is 0 Å². The van der Waals surface area contributed by atoms with Crippen LogP contribution >= 0.6 is 23.4 Å². The van der Waals surface area contributed by atoms with Gasteiger partial charge in [-0.2, -0.15) is 0 Å². The fraction of sp³-hybridized carbons (Fsp3) is 0.143. The molecule has 0 aliphatic carbocycles. The number of fused-ring (bicyclic) bond motifs is 2. The van der Waals surface area contributed by atoms with Gasteiger partial charge >= 0.3 is 0 Å². The molecule has 2 aromatic carbocycles. The molecule has 0 N–H and O–H groups in total. The molecule has 0 nitrogen and oxygen atoms in total. The van der Waals surface area contributed by atoms with Crippen molar-refractivity contribution in [2.45, 2.75) is 16.0 Å². The highest BCUT2D eigenvalue weighted by molar-refractivity contribution is 7.98. The maximum Gasteiger partial charge on any atom is 0.123 e. The Morgan fingerprint density at radius 1 is 1.12 bits per heavy atom. The summed E-state index contributed by atoms with van der Waals surface area (Å²) in [6, 6.07) is 12.9. The Hall–Kier alpha value is -0.990. The van der Waals surface area contributed by atoms with Crippen LogP contribution in [-0.2, 0) is 5.75 Å². The highest BCUT2D eigenvalue weighted by atomic mass is 35.5. The minimum Gasteiger partial charge on any atom is -0.207 e. The lowest BCUT2D eigenvalue weighted by molar-refractivity contribution is 0.624. The quantitative estimate of drug-likeness (QED) is 0.618. The van der Waals surface area contributed by atoms with Crippen molar-refractivity contribution in [2.75, 3.05) is 0 Å². The maximum absolute atomic E-state index is 13.3. The number of thioether (sulfide) groups is 1. The lowest BCUT2D eigenvalue weighted by Crippen LogP contribution is -1.96. The molecule has 0 saturated heterocycles. The number of halogens is 2. The van der Waals surface area contributed by atoms with Gasteiger partial charge in [0.2, 0.25) is 0 Å². The third-order valence-corrected chi connectivity index (χ3v) is 4.56. The highest BCUT2D eigenvalue weighted by Gasteiger charge is 2.22. The van der Waals surface area contributed by atoms with Crippen LogP contribution in [-0.4, -0.2) is 0 Å². The zero-order valence-corrected chi connectivity index (χ0v) is 10.6. The van der Waals surface area contributed by atoms with Gasteiger partial charge in [-0.1, -0.05) is 24.3 Å². The lowest BCUT2D eigenvalue weighted by atomic mass is 10.0. The van der Waals surface area contributed by atoms with Gasteiger partial charge in [0.1, 0.15) is 5.82 Å². The second kappa shape index (κ2) is 4.35. The smallest absolute Gasteiger partial charge is 0.123 e. The van der Waals surface area contributed by atoms with E-state index < -0.39 is 0 Å². The first kappa shape index (κ1) is 11.1. The molecule has 0 saturated carbocycles. The molecule has 0 amide bonds. The second-order valence-electron chi connectivity index (χ2n) is 4.03. The fourth-order valence-corrected chi connectivity index (χ4v) is 3.62. The molecule has 0 spiro atoms. The molecule has 0 bridgehead atoms. The van der Waals surface area contributed by atoms with E-state index >= 15 is 0 Å². The van der Waals surface area contributed by atoms with Gasteiger partial charge in [-0.25, -0.2) is 4.39 Å². The summed E-state index contributed by atoms with van der Waals surface area (Å²) in [5.41, 5.74) is 3.20. The summed E-state index contributed by atoms with van der Waals surface area (Å²) in [6.07, 6.45) is 0. The average Bonchev–Trinajstić information content (AvgIpc) is 2.49. The monoisotopic (exact) mass is 264 g/mol. The zero-order chi connectivity index (χ0) is 11.8. The molecular weight excluding hydrogens is 255 g/mol. The van der Waals surface area contributed by atoms with Gasteiger partial charge in [-0.05, 0) is 34.9 Å². The average molecular weight is 265 g/mol. The third-order valence-electron chi connectivity index (χ3n) is 2.96. The highest BCUT2D eigenvalue weighted by Crippen LogP contribution is 2.42. The van der Waals surface area contributed by atoms with Crippen molar-refractivity contribution in [1.82, 2.24) is 0 Å². The number of alkyl halides is 1. The van der Waals surface area contributed by atoms with Crippen molar-refractivity contribution in [1.29, 1.82) is 0 Å². The predicted octanol–water partition coefficient (Wildman–Crippen LogP) is 4.76. The number of hydrogen-bond acceptors (Lipinski definition) is 1. The van der Waals surface area contributed by atoms with E-state index in [1.54, 1.807) is 17.8 Å². The first-order valence-corrected chi connectivity index (χ1v) is 6.82. The molecule has 3 rings (SSSR count). The van der Waals surface area contributed by atoms with Crippen LogP contribution in [0, 0.1) is 5.82 Å². The summed E-state index contributed by atoms with van der Waals surface area (Å²) >= 11 is 8.19. The summed E-state index contributed by atoms with van der Waals surface area (Å²) in [4.78, 5) is 1.07. The molecule has 86 valence electrons. The number of benzene rings is 2. The normalized spacial score (nSPS) is 18.1. The second-order valence-corrected chi connectivity index (χ2v) is 5.49. The first-order chi connectivity index (χ1) is 8.25. The molecular formula is C14H10ClFS. The van der Waals surface area contributed by atoms with Crippen molar-refractivity contribution < 1.29 is 4.39 Å².